The molecule has 2 aliphatic rings. The zero-order valence-corrected chi connectivity index (χ0v) is 11.1. The van der Waals surface area contributed by atoms with Crippen LogP contribution in [0.5, 0.6) is 0 Å². The van der Waals surface area contributed by atoms with Crippen LogP contribution in [-0.2, 0) is 0 Å². The smallest absolute Gasteiger partial charge is 0.0546 e. The third-order valence-electron chi connectivity index (χ3n) is 4.74. The third-order valence-corrected chi connectivity index (χ3v) is 4.74. The number of rotatable bonds is 4. The Morgan fingerprint density at radius 3 is 2.53 bits per heavy atom. The largest absolute Gasteiger partial charge is 0.393 e. The lowest BCUT2D eigenvalue weighted by atomic mass is 9.81. The Balaban J connectivity index is 1.84. The zero-order chi connectivity index (χ0) is 12.3. The van der Waals surface area contributed by atoms with E-state index in [9.17, 15) is 5.11 Å². The Labute approximate surface area is 105 Å². The molecule has 3 N–H and O–H groups in total. The van der Waals surface area contributed by atoms with Crippen molar-refractivity contribution in [2.75, 3.05) is 20.1 Å². The molecule has 0 saturated heterocycles. The van der Waals surface area contributed by atoms with Gasteiger partial charge in [0, 0.05) is 12.6 Å². The van der Waals surface area contributed by atoms with Crippen LogP contribution in [-0.4, -0.2) is 42.3 Å². The molecule has 0 aromatic heterocycles. The molecule has 3 heteroatoms. The topological polar surface area (TPSA) is 49.5 Å². The summed E-state index contributed by atoms with van der Waals surface area (Å²) in [5, 5.41) is 9.35. The number of hydrogen-bond acceptors (Lipinski definition) is 3. The van der Waals surface area contributed by atoms with Gasteiger partial charge in [-0.15, -0.1) is 0 Å². The van der Waals surface area contributed by atoms with Gasteiger partial charge in [0.2, 0.25) is 0 Å². The van der Waals surface area contributed by atoms with Crippen LogP contribution in [0.15, 0.2) is 0 Å². The maximum atomic E-state index is 9.35. The predicted molar refractivity (Wildman–Crippen MR) is 70.8 cm³/mol. The van der Waals surface area contributed by atoms with Crippen molar-refractivity contribution in [1.82, 2.24) is 4.90 Å². The SMILES string of the molecule is CN(CC1CC(O)C1)C1CCCCCC1CN. The highest BCUT2D eigenvalue weighted by atomic mass is 16.3. The second-order valence-corrected chi connectivity index (χ2v) is 6.13. The van der Waals surface area contributed by atoms with E-state index in [1.165, 1.54) is 32.1 Å². The fraction of sp³-hybridized carbons (Fsp3) is 1.00. The fourth-order valence-corrected chi connectivity index (χ4v) is 3.61. The van der Waals surface area contributed by atoms with Crippen LogP contribution in [0, 0.1) is 11.8 Å². The van der Waals surface area contributed by atoms with E-state index < -0.39 is 0 Å². The summed E-state index contributed by atoms with van der Waals surface area (Å²) < 4.78 is 0. The van der Waals surface area contributed by atoms with E-state index in [0.717, 1.165) is 31.8 Å². The molecule has 100 valence electrons. The van der Waals surface area contributed by atoms with Crippen LogP contribution >= 0.6 is 0 Å². The molecule has 0 spiro atoms. The number of hydrogen-bond donors (Lipinski definition) is 2. The Hall–Kier alpha value is -0.120. The Morgan fingerprint density at radius 1 is 1.18 bits per heavy atom. The van der Waals surface area contributed by atoms with Crippen LogP contribution in [0.4, 0.5) is 0 Å². The predicted octanol–water partition coefficient (Wildman–Crippen LogP) is 1.60. The molecule has 2 saturated carbocycles. The van der Waals surface area contributed by atoms with Gasteiger partial charge in [-0.3, -0.25) is 0 Å². The molecule has 3 nitrogen and oxygen atoms in total. The third kappa shape index (κ3) is 3.43. The molecule has 2 unspecified atom stereocenters. The molecule has 0 aliphatic heterocycles. The van der Waals surface area contributed by atoms with Gasteiger partial charge in [0.15, 0.2) is 0 Å². The van der Waals surface area contributed by atoms with Gasteiger partial charge in [0.1, 0.15) is 0 Å². The first-order valence-electron chi connectivity index (χ1n) is 7.29. The second-order valence-electron chi connectivity index (χ2n) is 6.13. The summed E-state index contributed by atoms with van der Waals surface area (Å²) >= 11 is 0. The van der Waals surface area contributed by atoms with Crippen LogP contribution in [0.25, 0.3) is 0 Å². The van der Waals surface area contributed by atoms with Gasteiger partial charge in [-0.2, -0.15) is 0 Å². The second kappa shape index (κ2) is 6.17. The first-order chi connectivity index (χ1) is 8.20. The highest BCUT2D eigenvalue weighted by molar-refractivity contribution is 4.86. The number of nitrogens with two attached hydrogens (primary N) is 1. The summed E-state index contributed by atoms with van der Waals surface area (Å²) in [6.45, 7) is 1.99. The molecule has 0 aromatic rings. The molecule has 0 amide bonds. The van der Waals surface area contributed by atoms with Crippen molar-refractivity contribution in [2.24, 2.45) is 17.6 Å². The minimum absolute atomic E-state index is 0.0205. The lowest BCUT2D eigenvalue weighted by molar-refractivity contribution is 0.0163. The molecule has 0 bridgehead atoms. The Morgan fingerprint density at radius 2 is 1.88 bits per heavy atom. The molecule has 2 aliphatic carbocycles. The first-order valence-corrected chi connectivity index (χ1v) is 7.29. The summed E-state index contributed by atoms with van der Waals surface area (Å²) in [6, 6.07) is 0.681. The summed E-state index contributed by atoms with van der Waals surface area (Å²) in [5.74, 6) is 1.41. The van der Waals surface area contributed by atoms with Crippen LogP contribution in [0.1, 0.15) is 44.9 Å². The van der Waals surface area contributed by atoms with Crippen molar-refractivity contribution < 1.29 is 5.11 Å². The molecule has 0 radical (unpaired) electrons. The number of aliphatic hydroxyl groups excluding tert-OH is 1. The van der Waals surface area contributed by atoms with Crippen molar-refractivity contribution in [2.45, 2.75) is 57.1 Å². The van der Waals surface area contributed by atoms with E-state index in [4.69, 9.17) is 5.73 Å². The van der Waals surface area contributed by atoms with Crippen LogP contribution < -0.4 is 5.73 Å². The molecule has 2 rings (SSSR count). The van der Waals surface area contributed by atoms with Crippen LogP contribution in [0.3, 0.4) is 0 Å². The lowest BCUT2D eigenvalue weighted by Gasteiger charge is -2.39. The van der Waals surface area contributed by atoms with Crippen molar-refractivity contribution in [3.63, 3.8) is 0 Å². The maximum absolute atomic E-state index is 9.35. The van der Waals surface area contributed by atoms with Crippen LogP contribution in [0.2, 0.25) is 0 Å². The zero-order valence-electron chi connectivity index (χ0n) is 11.1. The van der Waals surface area contributed by atoms with Gasteiger partial charge in [-0.1, -0.05) is 19.3 Å². The van der Waals surface area contributed by atoms with E-state index in [-0.39, 0.29) is 6.10 Å². The van der Waals surface area contributed by atoms with Crippen molar-refractivity contribution in [3.05, 3.63) is 0 Å². The van der Waals surface area contributed by atoms with Gasteiger partial charge < -0.3 is 15.7 Å². The number of aliphatic hydroxyl groups is 1. The van der Waals surface area contributed by atoms with Crippen molar-refractivity contribution in [3.8, 4) is 0 Å². The van der Waals surface area contributed by atoms with E-state index in [2.05, 4.69) is 11.9 Å². The minimum Gasteiger partial charge on any atom is -0.393 e. The summed E-state index contributed by atoms with van der Waals surface area (Å²) in [5.41, 5.74) is 5.93. The first kappa shape index (κ1) is 13.3. The summed E-state index contributed by atoms with van der Waals surface area (Å²) in [6.07, 6.45) is 8.70. The van der Waals surface area contributed by atoms with Gasteiger partial charge >= 0.3 is 0 Å². The average Bonchev–Trinajstić information content (AvgIpc) is 2.51. The minimum atomic E-state index is -0.0205. The normalized spacial score (nSPS) is 38.8. The van der Waals surface area contributed by atoms with Crippen molar-refractivity contribution in [1.29, 1.82) is 0 Å². The molecule has 2 fully saturated rings. The van der Waals surface area contributed by atoms with E-state index in [1.54, 1.807) is 0 Å². The Kier molecular flexibility index (Phi) is 4.83. The molecule has 17 heavy (non-hydrogen) atoms. The van der Waals surface area contributed by atoms with Gasteiger partial charge in [0.05, 0.1) is 6.10 Å². The van der Waals surface area contributed by atoms with Gasteiger partial charge in [0.25, 0.3) is 0 Å². The summed E-state index contributed by atoms with van der Waals surface area (Å²) in [7, 11) is 2.25. The van der Waals surface area contributed by atoms with E-state index in [0.29, 0.717) is 12.0 Å². The van der Waals surface area contributed by atoms with E-state index in [1.807, 2.05) is 0 Å². The highest BCUT2D eigenvalue weighted by Gasteiger charge is 2.32. The van der Waals surface area contributed by atoms with Gasteiger partial charge in [-0.05, 0) is 51.1 Å². The average molecular weight is 240 g/mol. The fourth-order valence-electron chi connectivity index (χ4n) is 3.61. The van der Waals surface area contributed by atoms with E-state index >= 15 is 0 Å². The Bertz CT molecular complexity index is 228. The molecule has 0 heterocycles. The molecule has 0 aromatic carbocycles. The maximum Gasteiger partial charge on any atom is 0.0546 e. The standard InChI is InChI=1S/C14H28N2O/c1-16(10-11-7-13(17)8-11)14-6-4-2-3-5-12(14)9-15/h11-14,17H,2-10,15H2,1H3. The monoisotopic (exact) mass is 240 g/mol. The number of nitrogens with zero attached hydrogens (tertiary/aromatic N) is 1. The lowest BCUT2D eigenvalue weighted by Crippen LogP contribution is -2.45. The molecular weight excluding hydrogens is 212 g/mol. The molecular formula is C14H28N2O. The quantitative estimate of drug-likeness (QED) is 0.734. The van der Waals surface area contributed by atoms with Gasteiger partial charge in [-0.25, -0.2) is 0 Å². The highest BCUT2D eigenvalue weighted by Crippen LogP contribution is 2.31. The summed E-state index contributed by atoms with van der Waals surface area (Å²) in [4.78, 5) is 2.53. The molecule has 2 atom stereocenters. The van der Waals surface area contributed by atoms with Crippen molar-refractivity contribution >= 4 is 0 Å².